The molecular weight excluding hydrogens is 342 g/mol. The van der Waals surface area contributed by atoms with Gasteiger partial charge in [0.1, 0.15) is 0 Å². The molecule has 1 N–H and O–H groups in total. The summed E-state index contributed by atoms with van der Waals surface area (Å²) in [7, 11) is 0. The Bertz CT molecular complexity index is 681. The summed E-state index contributed by atoms with van der Waals surface area (Å²) in [4.78, 5) is 29.4. The van der Waals surface area contributed by atoms with Crippen molar-refractivity contribution in [2.24, 2.45) is 5.92 Å². The highest BCUT2D eigenvalue weighted by atomic mass is 16.5. The number of amides is 2. The predicted octanol–water partition coefficient (Wildman–Crippen LogP) is 2.25. The normalized spacial score (nSPS) is 24.5. The van der Waals surface area contributed by atoms with Crippen molar-refractivity contribution in [3.63, 3.8) is 0 Å². The first kappa shape index (κ1) is 18.4. The fourth-order valence-corrected chi connectivity index (χ4v) is 4.49. The summed E-state index contributed by atoms with van der Waals surface area (Å²) in [6.45, 7) is 4.88. The number of ether oxygens (including phenoxy) is 1. The number of benzene rings is 1. The third kappa shape index (κ3) is 4.50. The van der Waals surface area contributed by atoms with E-state index in [1.807, 2.05) is 23.1 Å². The molecule has 6 heteroatoms. The molecule has 1 unspecified atom stereocenters. The molecule has 0 spiro atoms. The van der Waals surface area contributed by atoms with E-state index in [2.05, 4.69) is 16.3 Å². The summed E-state index contributed by atoms with van der Waals surface area (Å²) < 4.78 is 5.39. The minimum absolute atomic E-state index is 0.0348. The fourth-order valence-electron chi connectivity index (χ4n) is 4.49. The molecule has 1 atom stereocenters. The van der Waals surface area contributed by atoms with E-state index >= 15 is 0 Å². The van der Waals surface area contributed by atoms with Gasteiger partial charge in [-0.2, -0.15) is 0 Å². The number of likely N-dealkylation sites (tertiary alicyclic amines) is 1. The van der Waals surface area contributed by atoms with Gasteiger partial charge < -0.3 is 15.0 Å². The largest absolute Gasteiger partial charge is 0.379 e. The number of hydrogen-bond acceptors (Lipinski definition) is 4. The summed E-state index contributed by atoms with van der Waals surface area (Å²) in [5.41, 5.74) is 2.00. The zero-order valence-corrected chi connectivity index (χ0v) is 15.9. The minimum atomic E-state index is -0.235. The van der Waals surface area contributed by atoms with Crippen LogP contribution in [0.1, 0.15) is 37.7 Å². The first-order valence-electron chi connectivity index (χ1n) is 10.2. The average molecular weight is 371 g/mol. The van der Waals surface area contributed by atoms with E-state index in [1.165, 1.54) is 18.4 Å². The molecular formula is C21H29N3O3. The molecule has 1 aromatic rings. The highest BCUT2D eigenvalue weighted by molar-refractivity contribution is 5.97. The lowest BCUT2D eigenvalue weighted by molar-refractivity contribution is -0.129. The molecule has 1 saturated carbocycles. The topological polar surface area (TPSA) is 61.9 Å². The van der Waals surface area contributed by atoms with E-state index in [1.54, 1.807) is 0 Å². The van der Waals surface area contributed by atoms with Crippen LogP contribution in [-0.2, 0) is 20.9 Å². The number of rotatable bonds is 5. The van der Waals surface area contributed by atoms with Crippen LogP contribution in [0.4, 0.5) is 5.69 Å². The lowest BCUT2D eigenvalue weighted by Crippen LogP contribution is -2.35. The molecule has 0 radical (unpaired) electrons. The zero-order valence-electron chi connectivity index (χ0n) is 15.9. The maximum Gasteiger partial charge on any atom is 0.229 e. The van der Waals surface area contributed by atoms with Crippen LogP contribution in [0.15, 0.2) is 24.3 Å². The van der Waals surface area contributed by atoms with Gasteiger partial charge in [0, 0.05) is 44.3 Å². The molecule has 2 heterocycles. The van der Waals surface area contributed by atoms with Crippen LogP contribution < -0.4 is 5.32 Å². The Labute approximate surface area is 160 Å². The van der Waals surface area contributed by atoms with Crippen molar-refractivity contribution in [3.05, 3.63) is 29.8 Å². The van der Waals surface area contributed by atoms with Crippen molar-refractivity contribution in [3.8, 4) is 0 Å². The van der Waals surface area contributed by atoms with E-state index < -0.39 is 0 Å². The summed E-state index contributed by atoms with van der Waals surface area (Å²) >= 11 is 0. The van der Waals surface area contributed by atoms with E-state index in [4.69, 9.17) is 4.74 Å². The van der Waals surface area contributed by atoms with Gasteiger partial charge in [-0.3, -0.25) is 14.5 Å². The highest BCUT2D eigenvalue weighted by Gasteiger charge is 2.38. The molecule has 0 aromatic heterocycles. The molecule has 0 bridgehead atoms. The maximum atomic E-state index is 12.7. The second-order valence-corrected chi connectivity index (χ2v) is 7.96. The fraction of sp³-hybridized carbons (Fsp3) is 0.619. The Hall–Kier alpha value is -1.92. The second kappa shape index (κ2) is 8.40. The highest BCUT2D eigenvalue weighted by Crippen LogP contribution is 2.30. The lowest BCUT2D eigenvalue weighted by Gasteiger charge is -2.26. The molecule has 146 valence electrons. The summed E-state index contributed by atoms with van der Waals surface area (Å²) in [6.07, 6.45) is 4.91. The smallest absolute Gasteiger partial charge is 0.229 e. The number of nitrogens with one attached hydrogen (secondary N) is 1. The van der Waals surface area contributed by atoms with Gasteiger partial charge in [-0.1, -0.05) is 25.0 Å². The van der Waals surface area contributed by atoms with Gasteiger partial charge in [0.25, 0.3) is 0 Å². The Balaban J connectivity index is 1.34. The summed E-state index contributed by atoms with van der Waals surface area (Å²) in [6, 6.07) is 8.39. The molecule has 4 rings (SSSR count). The molecule has 1 aliphatic carbocycles. The number of hydrogen-bond donors (Lipinski definition) is 1. The van der Waals surface area contributed by atoms with Crippen LogP contribution in [0.5, 0.6) is 0 Å². The standard InChI is InChI=1S/C21H29N3O3/c25-20-13-17(15-24(20)19-6-1-2-7-19)21(26)22-18-5-3-4-16(12-18)14-23-8-10-27-11-9-23/h3-5,12,17,19H,1-2,6-11,13-15H2,(H,22,26). The van der Waals surface area contributed by atoms with Crippen LogP contribution in [0.25, 0.3) is 0 Å². The van der Waals surface area contributed by atoms with Crippen LogP contribution in [0.2, 0.25) is 0 Å². The van der Waals surface area contributed by atoms with Crippen molar-refractivity contribution >= 4 is 17.5 Å². The van der Waals surface area contributed by atoms with Crippen LogP contribution >= 0.6 is 0 Å². The minimum Gasteiger partial charge on any atom is -0.379 e. The molecule has 2 aliphatic heterocycles. The summed E-state index contributed by atoms with van der Waals surface area (Å²) in [5.74, 6) is -0.128. The van der Waals surface area contributed by atoms with E-state index in [-0.39, 0.29) is 17.7 Å². The van der Waals surface area contributed by atoms with E-state index in [0.29, 0.717) is 19.0 Å². The van der Waals surface area contributed by atoms with Crippen LogP contribution in [0.3, 0.4) is 0 Å². The van der Waals surface area contributed by atoms with Crippen molar-refractivity contribution < 1.29 is 14.3 Å². The number of morpholine rings is 1. The molecule has 1 aromatic carbocycles. The Morgan fingerprint density at radius 1 is 1.19 bits per heavy atom. The van der Waals surface area contributed by atoms with Gasteiger partial charge in [0.15, 0.2) is 0 Å². The molecule has 6 nitrogen and oxygen atoms in total. The third-order valence-electron chi connectivity index (χ3n) is 6.00. The van der Waals surface area contributed by atoms with E-state index in [0.717, 1.165) is 51.4 Å². The molecule has 2 saturated heterocycles. The third-order valence-corrected chi connectivity index (χ3v) is 6.00. The first-order valence-corrected chi connectivity index (χ1v) is 10.2. The monoisotopic (exact) mass is 371 g/mol. The zero-order chi connectivity index (χ0) is 18.6. The number of carbonyl (C=O) groups is 2. The average Bonchev–Trinajstić information content (AvgIpc) is 3.32. The summed E-state index contributed by atoms with van der Waals surface area (Å²) in [5, 5.41) is 3.03. The van der Waals surface area contributed by atoms with Gasteiger partial charge in [0.05, 0.1) is 19.1 Å². The van der Waals surface area contributed by atoms with Crippen molar-refractivity contribution in [1.29, 1.82) is 0 Å². The molecule has 27 heavy (non-hydrogen) atoms. The first-order chi connectivity index (χ1) is 13.2. The maximum absolute atomic E-state index is 12.7. The van der Waals surface area contributed by atoms with Crippen LogP contribution in [-0.4, -0.2) is 60.5 Å². The molecule has 3 aliphatic rings. The van der Waals surface area contributed by atoms with Crippen molar-refractivity contribution in [2.75, 3.05) is 38.2 Å². The lowest BCUT2D eigenvalue weighted by atomic mass is 10.1. The van der Waals surface area contributed by atoms with Crippen LogP contribution in [0, 0.1) is 5.92 Å². The van der Waals surface area contributed by atoms with Gasteiger partial charge in [-0.25, -0.2) is 0 Å². The molecule has 2 amide bonds. The van der Waals surface area contributed by atoms with E-state index in [9.17, 15) is 9.59 Å². The van der Waals surface area contributed by atoms with Gasteiger partial charge in [-0.15, -0.1) is 0 Å². The quantitative estimate of drug-likeness (QED) is 0.862. The number of nitrogens with zero attached hydrogens (tertiary/aromatic N) is 2. The molecule has 3 fully saturated rings. The van der Waals surface area contributed by atoms with Crippen molar-refractivity contribution in [1.82, 2.24) is 9.80 Å². The Kier molecular flexibility index (Phi) is 5.74. The number of carbonyl (C=O) groups excluding carboxylic acids is 2. The SMILES string of the molecule is O=C(Nc1cccc(CN2CCOCC2)c1)C1CC(=O)N(C2CCCC2)C1. The van der Waals surface area contributed by atoms with Gasteiger partial charge in [-0.05, 0) is 30.5 Å². The van der Waals surface area contributed by atoms with Gasteiger partial charge >= 0.3 is 0 Å². The Morgan fingerprint density at radius 3 is 2.74 bits per heavy atom. The van der Waals surface area contributed by atoms with Crippen molar-refractivity contribution in [2.45, 2.75) is 44.7 Å². The predicted molar refractivity (Wildman–Crippen MR) is 103 cm³/mol. The Morgan fingerprint density at radius 2 is 1.96 bits per heavy atom. The van der Waals surface area contributed by atoms with Gasteiger partial charge in [0.2, 0.25) is 11.8 Å². The second-order valence-electron chi connectivity index (χ2n) is 7.96. The number of anilines is 1.